The zero-order valence-corrected chi connectivity index (χ0v) is 15.6. The summed E-state index contributed by atoms with van der Waals surface area (Å²) in [6.45, 7) is 2.01. The van der Waals surface area contributed by atoms with Crippen molar-refractivity contribution in [3.63, 3.8) is 0 Å². The average molecular weight is 366 g/mol. The van der Waals surface area contributed by atoms with Gasteiger partial charge in [-0.25, -0.2) is 4.39 Å². The minimum Gasteiger partial charge on any atom is -0.404 e. The van der Waals surface area contributed by atoms with Crippen LogP contribution >= 0.6 is 0 Å². The number of benzene rings is 1. The lowest BCUT2D eigenvalue weighted by Gasteiger charge is -2.38. The standard InChI is InChI=1S/C21H23FN4O/c1-12-15(13(9-23)10-25-2)5-6-16-20(12)18(11-26(3)21(16)27)17-8-14(24)4-7-19(17)22/h4-12,20H,23-24H2,1-3H3/t12-,20?/m1/s1. The number of hydrogen-bond donors (Lipinski definition) is 2. The molecule has 27 heavy (non-hydrogen) atoms. The van der Waals surface area contributed by atoms with Crippen molar-refractivity contribution < 1.29 is 9.18 Å². The van der Waals surface area contributed by atoms with Gasteiger partial charge in [-0.05, 0) is 35.3 Å². The van der Waals surface area contributed by atoms with Gasteiger partial charge in [0.25, 0.3) is 5.91 Å². The topological polar surface area (TPSA) is 84.7 Å². The maximum absolute atomic E-state index is 14.6. The molecule has 1 heterocycles. The smallest absolute Gasteiger partial charge is 0.254 e. The summed E-state index contributed by atoms with van der Waals surface area (Å²) in [6.07, 6.45) is 8.56. The fourth-order valence-electron chi connectivity index (χ4n) is 3.79. The minimum absolute atomic E-state index is 0.0949. The molecule has 0 radical (unpaired) electrons. The van der Waals surface area contributed by atoms with E-state index in [-0.39, 0.29) is 23.6 Å². The highest BCUT2D eigenvalue weighted by Crippen LogP contribution is 2.46. The first-order valence-corrected chi connectivity index (χ1v) is 8.69. The minimum atomic E-state index is -0.370. The van der Waals surface area contributed by atoms with E-state index >= 15 is 0 Å². The van der Waals surface area contributed by atoms with Crippen LogP contribution in [0.4, 0.5) is 10.1 Å². The normalized spacial score (nSPS) is 23.1. The molecule has 6 heteroatoms. The highest BCUT2D eigenvalue weighted by atomic mass is 19.1. The van der Waals surface area contributed by atoms with Crippen LogP contribution in [0.1, 0.15) is 12.5 Å². The first-order valence-electron chi connectivity index (χ1n) is 8.69. The lowest BCUT2D eigenvalue weighted by atomic mass is 9.69. The summed E-state index contributed by atoms with van der Waals surface area (Å²) in [7, 11) is 3.34. The van der Waals surface area contributed by atoms with Crippen molar-refractivity contribution in [1.29, 1.82) is 0 Å². The second kappa shape index (κ2) is 7.23. The first-order chi connectivity index (χ1) is 12.9. The summed E-state index contributed by atoms with van der Waals surface area (Å²) in [5.41, 5.74) is 15.6. The van der Waals surface area contributed by atoms with E-state index in [4.69, 9.17) is 11.5 Å². The number of nitrogens with zero attached hydrogens (tertiary/aromatic N) is 2. The van der Waals surface area contributed by atoms with Gasteiger partial charge in [0.05, 0.1) is 0 Å². The van der Waals surface area contributed by atoms with Crippen LogP contribution in [-0.2, 0) is 4.79 Å². The highest BCUT2D eigenvalue weighted by molar-refractivity contribution is 6.02. The van der Waals surface area contributed by atoms with E-state index in [1.165, 1.54) is 23.2 Å². The Balaban J connectivity index is 2.17. The number of rotatable bonds is 3. The molecular weight excluding hydrogens is 343 g/mol. The molecule has 4 N–H and O–H groups in total. The molecular formula is C21H23FN4O. The summed E-state index contributed by atoms with van der Waals surface area (Å²) in [4.78, 5) is 18.2. The van der Waals surface area contributed by atoms with Crippen molar-refractivity contribution in [2.24, 2.45) is 22.6 Å². The molecule has 1 aliphatic carbocycles. The van der Waals surface area contributed by atoms with Crippen LogP contribution in [0.15, 0.2) is 64.5 Å². The van der Waals surface area contributed by atoms with E-state index in [0.29, 0.717) is 16.8 Å². The number of halogens is 1. The third kappa shape index (κ3) is 3.18. The molecule has 0 saturated heterocycles. The number of aliphatic imine (C=N–C) groups is 1. The Labute approximate surface area is 158 Å². The van der Waals surface area contributed by atoms with Gasteiger partial charge < -0.3 is 16.4 Å². The quantitative estimate of drug-likeness (QED) is 0.637. The van der Waals surface area contributed by atoms with Crippen LogP contribution in [-0.4, -0.2) is 31.1 Å². The summed E-state index contributed by atoms with van der Waals surface area (Å²) in [5.74, 6) is -0.865. The zero-order valence-electron chi connectivity index (χ0n) is 15.6. The van der Waals surface area contributed by atoms with Gasteiger partial charge >= 0.3 is 0 Å². The molecule has 0 aromatic heterocycles. The van der Waals surface area contributed by atoms with Crippen LogP contribution < -0.4 is 11.5 Å². The van der Waals surface area contributed by atoms with Gasteiger partial charge in [-0.3, -0.25) is 9.79 Å². The zero-order chi connectivity index (χ0) is 19.7. The SMILES string of the molecule is CN=CC(=CN)C1=CC=C2C(=O)N(C)C=C(c3cc(N)ccc3F)C2[C@@H]1C. The van der Waals surface area contributed by atoms with Crippen molar-refractivity contribution in [2.75, 3.05) is 19.8 Å². The molecule has 3 rings (SSSR count). The van der Waals surface area contributed by atoms with E-state index in [2.05, 4.69) is 4.99 Å². The number of likely N-dealkylation sites (N-methyl/N-ethyl adjacent to an activating group) is 1. The Bertz CT molecular complexity index is 940. The second-order valence-corrected chi connectivity index (χ2v) is 6.76. The molecule has 1 unspecified atom stereocenters. The van der Waals surface area contributed by atoms with Crippen LogP contribution in [0.25, 0.3) is 5.57 Å². The van der Waals surface area contributed by atoms with E-state index in [1.807, 2.05) is 13.0 Å². The van der Waals surface area contributed by atoms with Gasteiger partial charge in [-0.2, -0.15) is 0 Å². The number of carbonyl (C=O) groups excluding carboxylic acids is 1. The van der Waals surface area contributed by atoms with Crippen molar-refractivity contribution in [2.45, 2.75) is 6.92 Å². The molecule has 1 aromatic carbocycles. The Hall–Kier alpha value is -3.15. The molecule has 0 spiro atoms. The van der Waals surface area contributed by atoms with Crippen molar-refractivity contribution in [3.05, 3.63) is 70.9 Å². The van der Waals surface area contributed by atoms with Crippen LogP contribution in [0, 0.1) is 17.7 Å². The maximum atomic E-state index is 14.6. The van der Waals surface area contributed by atoms with Crippen molar-refractivity contribution in [1.82, 2.24) is 4.90 Å². The number of nitrogens with two attached hydrogens (primary N) is 2. The number of amides is 1. The molecule has 0 saturated carbocycles. The van der Waals surface area contributed by atoms with E-state index in [9.17, 15) is 9.18 Å². The van der Waals surface area contributed by atoms with Gasteiger partial charge in [0.1, 0.15) is 5.82 Å². The fraction of sp³-hybridized carbons (Fsp3) is 0.238. The fourth-order valence-corrected chi connectivity index (χ4v) is 3.79. The van der Waals surface area contributed by atoms with E-state index in [0.717, 1.165) is 16.7 Å². The van der Waals surface area contributed by atoms with Gasteiger partial charge in [0.2, 0.25) is 0 Å². The first kappa shape index (κ1) is 18.6. The summed E-state index contributed by atoms with van der Waals surface area (Å²) >= 11 is 0. The average Bonchev–Trinajstić information content (AvgIpc) is 2.65. The maximum Gasteiger partial charge on any atom is 0.254 e. The molecule has 140 valence electrons. The number of fused-ring (bicyclic) bond motifs is 1. The second-order valence-electron chi connectivity index (χ2n) is 6.76. The van der Waals surface area contributed by atoms with Crippen LogP contribution in [0.5, 0.6) is 0 Å². The number of allylic oxidation sites excluding steroid dienone is 5. The largest absolute Gasteiger partial charge is 0.404 e. The highest BCUT2D eigenvalue weighted by Gasteiger charge is 2.39. The predicted molar refractivity (Wildman–Crippen MR) is 107 cm³/mol. The molecule has 1 aliphatic heterocycles. The van der Waals surface area contributed by atoms with Crippen LogP contribution in [0.2, 0.25) is 0 Å². The number of anilines is 1. The van der Waals surface area contributed by atoms with Crippen molar-refractivity contribution >= 4 is 23.4 Å². The Morgan fingerprint density at radius 1 is 1.30 bits per heavy atom. The lowest BCUT2D eigenvalue weighted by Crippen LogP contribution is -2.37. The molecule has 5 nitrogen and oxygen atoms in total. The Kier molecular flexibility index (Phi) is 4.99. The molecule has 2 atom stereocenters. The monoisotopic (exact) mass is 366 g/mol. The number of hydrogen-bond acceptors (Lipinski definition) is 4. The molecule has 1 aromatic rings. The summed E-state index contributed by atoms with van der Waals surface area (Å²) < 4.78 is 14.6. The molecule has 0 bridgehead atoms. The summed E-state index contributed by atoms with van der Waals surface area (Å²) in [5, 5.41) is 0. The summed E-state index contributed by atoms with van der Waals surface area (Å²) in [6, 6.07) is 4.49. The third-order valence-electron chi connectivity index (χ3n) is 5.09. The number of nitrogen functional groups attached to an aromatic ring is 1. The van der Waals surface area contributed by atoms with Gasteiger partial charge in [0, 0.05) is 61.0 Å². The van der Waals surface area contributed by atoms with Crippen LogP contribution in [0.3, 0.4) is 0 Å². The van der Waals surface area contributed by atoms with Gasteiger partial charge in [0.15, 0.2) is 0 Å². The van der Waals surface area contributed by atoms with Gasteiger partial charge in [-0.15, -0.1) is 0 Å². The molecule has 0 fully saturated rings. The lowest BCUT2D eigenvalue weighted by molar-refractivity contribution is -0.124. The predicted octanol–water partition coefficient (Wildman–Crippen LogP) is 2.88. The van der Waals surface area contributed by atoms with Gasteiger partial charge in [-0.1, -0.05) is 19.1 Å². The Morgan fingerprint density at radius 3 is 2.70 bits per heavy atom. The molecule has 1 amide bonds. The number of carbonyl (C=O) groups is 1. The molecule has 2 aliphatic rings. The Morgan fingerprint density at radius 2 is 2.04 bits per heavy atom. The van der Waals surface area contributed by atoms with E-state index < -0.39 is 0 Å². The van der Waals surface area contributed by atoms with E-state index in [1.54, 1.807) is 38.7 Å². The van der Waals surface area contributed by atoms with Crippen molar-refractivity contribution in [3.8, 4) is 0 Å². The third-order valence-corrected chi connectivity index (χ3v) is 5.09.